The fourth-order valence-corrected chi connectivity index (χ4v) is 4.19. The number of nitrogens with zero attached hydrogens (tertiary/aromatic N) is 3. The molecule has 160 valence electrons. The van der Waals surface area contributed by atoms with Crippen molar-refractivity contribution in [3.05, 3.63) is 59.9 Å². The van der Waals surface area contributed by atoms with Gasteiger partial charge in [-0.3, -0.25) is 14.7 Å². The van der Waals surface area contributed by atoms with E-state index in [4.69, 9.17) is 4.74 Å². The maximum atomic E-state index is 12.7. The Hall–Kier alpha value is -2.45. The van der Waals surface area contributed by atoms with Crippen LogP contribution in [0.1, 0.15) is 30.5 Å². The summed E-state index contributed by atoms with van der Waals surface area (Å²) in [4.78, 5) is 20.0. The van der Waals surface area contributed by atoms with Crippen molar-refractivity contribution >= 4 is 11.6 Å². The van der Waals surface area contributed by atoms with E-state index in [0.717, 1.165) is 49.7 Å². The van der Waals surface area contributed by atoms with Crippen LogP contribution in [-0.2, 0) is 22.3 Å². The van der Waals surface area contributed by atoms with Crippen molar-refractivity contribution in [3.8, 4) is 0 Å². The molecule has 1 aromatic carbocycles. The summed E-state index contributed by atoms with van der Waals surface area (Å²) in [6.07, 6.45) is -0.627. The van der Waals surface area contributed by atoms with E-state index in [-0.39, 0.29) is 12.5 Å². The molecule has 8 heteroatoms. The maximum Gasteiger partial charge on any atom is 0.433 e. The van der Waals surface area contributed by atoms with E-state index in [2.05, 4.69) is 9.88 Å². The van der Waals surface area contributed by atoms with Gasteiger partial charge in [0.25, 0.3) is 5.91 Å². The number of aromatic nitrogens is 1. The van der Waals surface area contributed by atoms with Crippen molar-refractivity contribution in [1.29, 1.82) is 0 Å². The lowest BCUT2D eigenvalue weighted by Gasteiger charge is -2.42. The summed E-state index contributed by atoms with van der Waals surface area (Å²) in [7, 11) is 0. The zero-order valence-corrected chi connectivity index (χ0v) is 16.6. The van der Waals surface area contributed by atoms with E-state index in [0.29, 0.717) is 13.1 Å². The van der Waals surface area contributed by atoms with Crippen LogP contribution < -0.4 is 4.90 Å². The predicted molar refractivity (Wildman–Crippen MR) is 106 cm³/mol. The Kier molecular flexibility index (Phi) is 5.79. The first kappa shape index (κ1) is 20.8. The molecule has 1 amide bonds. The van der Waals surface area contributed by atoms with Gasteiger partial charge in [0.2, 0.25) is 0 Å². The number of pyridine rings is 1. The second-order valence-corrected chi connectivity index (χ2v) is 7.97. The molecule has 2 fully saturated rings. The van der Waals surface area contributed by atoms with Gasteiger partial charge < -0.3 is 9.64 Å². The van der Waals surface area contributed by atoms with Crippen molar-refractivity contribution in [2.24, 2.45) is 0 Å². The Labute approximate surface area is 173 Å². The van der Waals surface area contributed by atoms with Gasteiger partial charge in [-0.1, -0.05) is 24.3 Å². The summed E-state index contributed by atoms with van der Waals surface area (Å²) in [6, 6.07) is 12.1. The largest absolute Gasteiger partial charge is 0.433 e. The maximum absolute atomic E-state index is 12.7. The molecule has 2 aliphatic heterocycles. The highest BCUT2D eigenvalue weighted by Gasteiger charge is 2.41. The lowest BCUT2D eigenvalue weighted by molar-refractivity contribution is -0.141. The van der Waals surface area contributed by atoms with E-state index in [1.165, 1.54) is 12.3 Å². The van der Waals surface area contributed by atoms with Crippen LogP contribution >= 0.6 is 0 Å². The number of morpholine rings is 1. The number of amides is 1. The molecule has 2 aromatic rings. The third-order valence-electron chi connectivity index (χ3n) is 5.83. The number of carbonyl (C=O) groups is 1. The number of halogens is 3. The van der Waals surface area contributed by atoms with Crippen LogP contribution in [0.4, 0.5) is 18.9 Å². The average Bonchev–Trinajstić information content (AvgIpc) is 2.93. The minimum Gasteiger partial charge on any atom is -0.363 e. The van der Waals surface area contributed by atoms with Gasteiger partial charge >= 0.3 is 6.18 Å². The number of carbonyl (C=O) groups excluding carboxylic acids is 1. The average molecular weight is 419 g/mol. The second-order valence-electron chi connectivity index (χ2n) is 7.97. The molecule has 3 heterocycles. The molecule has 2 saturated heterocycles. The number of hydrogen-bond donors (Lipinski definition) is 0. The molecule has 30 heavy (non-hydrogen) atoms. The van der Waals surface area contributed by atoms with Crippen molar-refractivity contribution < 1.29 is 22.7 Å². The summed E-state index contributed by atoms with van der Waals surface area (Å²) in [5, 5.41) is 0. The zero-order chi connectivity index (χ0) is 21.2. The van der Waals surface area contributed by atoms with E-state index in [1.807, 2.05) is 30.3 Å². The monoisotopic (exact) mass is 419 g/mol. The van der Waals surface area contributed by atoms with Gasteiger partial charge in [-0.25, -0.2) is 0 Å². The number of likely N-dealkylation sites (tertiary alicyclic amines) is 1. The summed E-state index contributed by atoms with van der Waals surface area (Å²) in [5.74, 6) is -0.0382. The quantitative estimate of drug-likeness (QED) is 0.757. The van der Waals surface area contributed by atoms with Crippen LogP contribution in [0.15, 0.2) is 48.7 Å². The Morgan fingerprint density at radius 2 is 1.87 bits per heavy atom. The van der Waals surface area contributed by atoms with Crippen molar-refractivity contribution in [1.82, 2.24) is 9.88 Å². The molecule has 0 saturated carbocycles. The van der Waals surface area contributed by atoms with E-state index < -0.39 is 17.5 Å². The third-order valence-corrected chi connectivity index (χ3v) is 5.83. The number of ether oxygens (including phenoxy) is 1. The van der Waals surface area contributed by atoms with Crippen LogP contribution in [0.2, 0.25) is 0 Å². The third kappa shape index (κ3) is 4.65. The predicted octanol–water partition coefficient (Wildman–Crippen LogP) is 3.89. The number of para-hydroxylation sites is 1. The summed E-state index contributed by atoms with van der Waals surface area (Å²) >= 11 is 0. The fraction of sp³-hybridized carbons (Fsp3) is 0.455. The number of benzene rings is 1. The minimum absolute atomic E-state index is 0.0382. The molecule has 4 rings (SSSR count). The number of rotatable bonds is 3. The standard InChI is InChI=1S/C22H24F3N3O2/c23-22(24,25)19-8-7-17(13-26-19)14-27-11-4-9-21(10-12-27)16-28(20(29)15-30-21)18-5-2-1-3-6-18/h1-3,5-8,13H,4,9-12,14-16H2. The Morgan fingerprint density at radius 1 is 1.07 bits per heavy atom. The van der Waals surface area contributed by atoms with E-state index in [9.17, 15) is 18.0 Å². The van der Waals surface area contributed by atoms with Crippen LogP contribution in [0.25, 0.3) is 0 Å². The lowest BCUT2D eigenvalue weighted by Crippen LogP contribution is -2.55. The van der Waals surface area contributed by atoms with Crippen molar-refractivity contribution in [3.63, 3.8) is 0 Å². The molecule has 1 spiro atoms. The van der Waals surface area contributed by atoms with Gasteiger partial charge in [0.15, 0.2) is 0 Å². The van der Waals surface area contributed by atoms with E-state index >= 15 is 0 Å². The normalized spacial score (nSPS) is 23.6. The Morgan fingerprint density at radius 3 is 2.57 bits per heavy atom. The van der Waals surface area contributed by atoms with Gasteiger partial charge in [0.05, 0.1) is 12.1 Å². The van der Waals surface area contributed by atoms with Crippen molar-refractivity contribution in [2.45, 2.75) is 37.6 Å². The van der Waals surface area contributed by atoms with Gasteiger partial charge in [-0.2, -0.15) is 13.2 Å². The first-order valence-corrected chi connectivity index (χ1v) is 10.1. The lowest BCUT2D eigenvalue weighted by atomic mass is 9.92. The molecule has 2 aliphatic rings. The van der Waals surface area contributed by atoms with Gasteiger partial charge in [-0.15, -0.1) is 0 Å². The first-order chi connectivity index (χ1) is 14.3. The number of hydrogen-bond acceptors (Lipinski definition) is 4. The molecule has 1 unspecified atom stereocenters. The smallest absolute Gasteiger partial charge is 0.363 e. The molecule has 0 bridgehead atoms. The van der Waals surface area contributed by atoms with Gasteiger partial charge in [0.1, 0.15) is 12.3 Å². The van der Waals surface area contributed by atoms with Gasteiger partial charge in [0, 0.05) is 25.0 Å². The molecule has 0 N–H and O–H groups in total. The van der Waals surface area contributed by atoms with Crippen LogP contribution in [-0.4, -0.2) is 47.6 Å². The van der Waals surface area contributed by atoms with Gasteiger partial charge in [-0.05, 0) is 49.6 Å². The highest BCUT2D eigenvalue weighted by atomic mass is 19.4. The Balaban J connectivity index is 1.40. The fourth-order valence-electron chi connectivity index (χ4n) is 4.19. The van der Waals surface area contributed by atoms with Crippen LogP contribution in [0.3, 0.4) is 0 Å². The Bertz CT molecular complexity index is 873. The second kappa shape index (κ2) is 8.35. The summed E-state index contributed by atoms with van der Waals surface area (Å²) in [6.45, 7) is 2.70. The highest BCUT2D eigenvalue weighted by Crippen LogP contribution is 2.33. The van der Waals surface area contributed by atoms with Crippen LogP contribution in [0.5, 0.6) is 0 Å². The topological polar surface area (TPSA) is 45.7 Å². The molecular formula is C22H24F3N3O2. The molecule has 0 aliphatic carbocycles. The molecule has 1 aromatic heterocycles. The zero-order valence-electron chi connectivity index (χ0n) is 16.6. The molecule has 1 atom stereocenters. The summed E-state index contributed by atoms with van der Waals surface area (Å²) in [5.41, 5.74) is 0.366. The SMILES string of the molecule is O=C1COC2(CCCN(Cc3ccc(C(F)(F)F)nc3)CC2)CN1c1ccccc1. The van der Waals surface area contributed by atoms with Crippen LogP contribution in [0, 0.1) is 0 Å². The summed E-state index contributed by atoms with van der Waals surface area (Å²) < 4.78 is 44.2. The van der Waals surface area contributed by atoms with E-state index in [1.54, 1.807) is 4.90 Å². The molecule has 0 radical (unpaired) electrons. The van der Waals surface area contributed by atoms with Crippen molar-refractivity contribution in [2.75, 3.05) is 31.1 Å². The number of alkyl halides is 3. The highest BCUT2D eigenvalue weighted by molar-refractivity contribution is 5.95. The molecule has 5 nitrogen and oxygen atoms in total. The minimum atomic E-state index is -4.42. The molecular weight excluding hydrogens is 395 g/mol. The first-order valence-electron chi connectivity index (χ1n) is 10.1. The number of anilines is 1.